The first-order valence-electron chi connectivity index (χ1n) is 8.19. The number of nitrogens with one attached hydrogen (secondary N) is 1. The zero-order chi connectivity index (χ0) is 18.0. The van der Waals surface area contributed by atoms with Crippen LogP contribution in [0.25, 0.3) is 0 Å². The number of carbonyl (C=O) groups excluding carboxylic acids is 3. The molecule has 6 nitrogen and oxygen atoms in total. The Morgan fingerprint density at radius 1 is 1.38 bits per heavy atom. The Morgan fingerprint density at radius 2 is 2.04 bits per heavy atom. The number of nitrogens with zero attached hydrogens (tertiary/aromatic N) is 2. The van der Waals surface area contributed by atoms with Crippen molar-refractivity contribution in [2.45, 2.75) is 46.7 Å². The molecule has 1 aromatic rings. The number of rotatable bonds is 7. The predicted octanol–water partition coefficient (Wildman–Crippen LogP) is 2.44. The maximum absolute atomic E-state index is 12.6. The van der Waals surface area contributed by atoms with E-state index in [9.17, 15) is 14.4 Å². The summed E-state index contributed by atoms with van der Waals surface area (Å²) in [5, 5.41) is 2.66. The molecule has 1 aromatic heterocycles. The molecule has 0 saturated carbocycles. The second-order valence-electron chi connectivity index (χ2n) is 6.66. The second-order valence-corrected chi connectivity index (χ2v) is 6.66. The number of carbonyl (C=O) groups is 3. The third-order valence-corrected chi connectivity index (χ3v) is 4.30. The minimum atomic E-state index is -0.529. The summed E-state index contributed by atoms with van der Waals surface area (Å²) in [4.78, 5) is 38.0. The van der Waals surface area contributed by atoms with Crippen LogP contribution >= 0.6 is 0 Å². The van der Waals surface area contributed by atoms with Gasteiger partial charge in [-0.2, -0.15) is 0 Å². The van der Waals surface area contributed by atoms with Crippen LogP contribution in [-0.4, -0.2) is 39.8 Å². The van der Waals surface area contributed by atoms with E-state index < -0.39 is 12.1 Å². The van der Waals surface area contributed by atoms with Gasteiger partial charge in [0.2, 0.25) is 0 Å². The number of allylic oxidation sites excluding steroid dienone is 1. The van der Waals surface area contributed by atoms with Crippen molar-refractivity contribution in [1.29, 1.82) is 0 Å². The number of amides is 3. The predicted molar refractivity (Wildman–Crippen MR) is 91.9 cm³/mol. The highest BCUT2D eigenvalue weighted by Crippen LogP contribution is 2.19. The summed E-state index contributed by atoms with van der Waals surface area (Å²) in [6.07, 6.45) is 2.34. The summed E-state index contributed by atoms with van der Waals surface area (Å²) in [6, 6.07) is 0.781. The topological polar surface area (TPSA) is 71.4 Å². The summed E-state index contributed by atoms with van der Waals surface area (Å²) in [6.45, 7) is 11.9. The molecule has 0 bridgehead atoms. The highest BCUT2D eigenvalue weighted by Gasteiger charge is 2.39. The summed E-state index contributed by atoms with van der Waals surface area (Å²) in [7, 11) is 0. The molecule has 1 fully saturated rings. The Hall–Kier alpha value is -2.37. The number of urea groups is 1. The van der Waals surface area contributed by atoms with E-state index in [1.54, 1.807) is 12.1 Å². The number of aromatic nitrogens is 1. The van der Waals surface area contributed by atoms with Crippen molar-refractivity contribution in [3.8, 4) is 0 Å². The first-order valence-corrected chi connectivity index (χ1v) is 8.19. The van der Waals surface area contributed by atoms with Crippen molar-refractivity contribution in [1.82, 2.24) is 14.8 Å². The molecule has 24 heavy (non-hydrogen) atoms. The SMILES string of the molecule is C=CCn1c(C)cc(C(=O)CN2C(=O)N[C@@H](CC(C)C)C2=O)c1C. The molecule has 1 aliphatic rings. The largest absolute Gasteiger partial charge is 0.345 e. The lowest BCUT2D eigenvalue weighted by molar-refractivity contribution is -0.127. The smallest absolute Gasteiger partial charge is 0.325 e. The Bertz CT molecular complexity index is 688. The zero-order valence-electron chi connectivity index (χ0n) is 14.8. The van der Waals surface area contributed by atoms with Crippen LogP contribution in [-0.2, 0) is 11.3 Å². The van der Waals surface area contributed by atoms with E-state index in [1.165, 1.54) is 0 Å². The molecule has 6 heteroatoms. The molecule has 0 aromatic carbocycles. The maximum atomic E-state index is 12.6. The van der Waals surface area contributed by atoms with Crippen molar-refractivity contribution in [3.05, 3.63) is 35.7 Å². The average Bonchev–Trinajstić information content (AvgIpc) is 2.92. The number of hydrogen-bond donors (Lipinski definition) is 1. The third kappa shape index (κ3) is 3.42. The van der Waals surface area contributed by atoms with Crippen molar-refractivity contribution < 1.29 is 14.4 Å². The molecule has 3 amide bonds. The van der Waals surface area contributed by atoms with E-state index in [0.717, 1.165) is 16.3 Å². The number of aryl methyl sites for hydroxylation is 1. The lowest BCUT2D eigenvalue weighted by Crippen LogP contribution is -2.36. The van der Waals surface area contributed by atoms with Crippen LogP contribution in [0.3, 0.4) is 0 Å². The quantitative estimate of drug-likeness (QED) is 0.474. The van der Waals surface area contributed by atoms with Gasteiger partial charge in [0.05, 0.1) is 6.54 Å². The molecule has 2 heterocycles. The summed E-state index contributed by atoms with van der Waals surface area (Å²) < 4.78 is 1.98. The summed E-state index contributed by atoms with van der Waals surface area (Å²) in [5.74, 6) is -0.262. The minimum absolute atomic E-state index is 0.225. The molecule has 0 unspecified atom stereocenters. The number of ketones is 1. The average molecular weight is 331 g/mol. The highest BCUT2D eigenvalue weighted by atomic mass is 16.2. The van der Waals surface area contributed by atoms with E-state index in [2.05, 4.69) is 11.9 Å². The first kappa shape index (κ1) is 18.0. The zero-order valence-corrected chi connectivity index (χ0v) is 14.8. The van der Waals surface area contributed by atoms with E-state index in [0.29, 0.717) is 18.5 Å². The van der Waals surface area contributed by atoms with Gasteiger partial charge in [0.15, 0.2) is 5.78 Å². The Kier molecular flexibility index (Phi) is 5.26. The standard InChI is InChI=1S/C18H25N3O3/c1-6-7-20-12(4)9-14(13(20)5)16(22)10-21-17(23)15(8-11(2)3)19-18(21)24/h6,9,11,15H,1,7-8,10H2,2-5H3,(H,19,24)/t15-/m0/s1. The maximum Gasteiger partial charge on any atom is 0.325 e. The molecule has 1 N–H and O–H groups in total. The fourth-order valence-electron chi connectivity index (χ4n) is 3.08. The molecule has 0 spiro atoms. The molecular weight excluding hydrogens is 306 g/mol. The molecule has 1 aliphatic heterocycles. The van der Waals surface area contributed by atoms with Gasteiger partial charge in [0.25, 0.3) is 5.91 Å². The van der Waals surface area contributed by atoms with Crippen LogP contribution in [0.5, 0.6) is 0 Å². The normalized spacial score (nSPS) is 17.5. The fraction of sp³-hybridized carbons (Fsp3) is 0.500. The summed E-state index contributed by atoms with van der Waals surface area (Å²) in [5.41, 5.74) is 2.32. The molecule has 2 rings (SSSR count). The van der Waals surface area contributed by atoms with Crippen molar-refractivity contribution >= 4 is 17.7 Å². The van der Waals surface area contributed by atoms with E-state index in [4.69, 9.17) is 0 Å². The van der Waals surface area contributed by atoms with Gasteiger partial charge < -0.3 is 9.88 Å². The third-order valence-electron chi connectivity index (χ3n) is 4.30. The minimum Gasteiger partial charge on any atom is -0.345 e. The van der Waals surface area contributed by atoms with Gasteiger partial charge in [-0.3, -0.25) is 14.5 Å². The summed E-state index contributed by atoms with van der Waals surface area (Å²) >= 11 is 0. The second kappa shape index (κ2) is 7.03. The Morgan fingerprint density at radius 3 is 2.62 bits per heavy atom. The van der Waals surface area contributed by atoms with Gasteiger partial charge in [0, 0.05) is 23.5 Å². The van der Waals surface area contributed by atoms with Gasteiger partial charge >= 0.3 is 6.03 Å². The molecule has 130 valence electrons. The van der Waals surface area contributed by atoms with Crippen LogP contribution in [0.1, 0.15) is 42.0 Å². The van der Waals surface area contributed by atoms with Gasteiger partial charge in [-0.25, -0.2) is 4.79 Å². The monoisotopic (exact) mass is 331 g/mol. The Labute approximate surface area is 142 Å². The number of imide groups is 1. The lowest BCUT2D eigenvalue weighted by Gasteiger charge is -2.13. The van der Waals surface area contributed by atoms with E-state index >= 15 is 0 Å². The molecule has 0 aliphatic carbocycles. The lowest BCUT2D eigenvalue weighted by atomic mass is 10.0. The van der Waals surface area contributed by atoms with Crippen LogP contribution in [0, 0.1) is 19.8 Å². The van der Waals surface area contributed by atoms with Crippen molar-refractivity contribution in [2.24, 2.45) is 5.92 Å². The van der Waals surface area contributed by atoms with Gasteiger partial charge in [-0.1, -0.05) is 19.9 Å². The van der Waals surface area contributed by atoms with Crippen LogP contribution in [0.2, 0.25) is 0 Å². The van der Waals surface area contributed by atoms with Crippen LogP contribution in [0.4, 0.5) is 4.79 Å². The first-order chi connectivity index (χ1) is 11.3. The highest BCUT2D eigenvalue weighted by molar-refractivity contribution is 6.09. The fourth-order valence-corrected chi connectivity index (χ4v) is 3.08. The van der Waals surface area contributed by atoms with Gasteiger partial charge in [0.1, 0.15) is 6.04 Å². The van der Waals surface area contributed by atoms with Gasteiger partial charge in [-0.05, 0) is 32.3 Å². The number of hydrogen-bond acceptors (Lipinski definition) is 3. The van der Waals surface area contributed by atoms with Crippen LogP contribution < -0.4 is 5.32 Å². The van der Waals surface area contributed by atoms with Gasteiger partial charge in [-0.15, -0.1) is 6.58 Å². The van der Waals surface area contributed by atoms with E-state index in [1.807, 2.05) is 32.3 Å². The Balaban J connectivity index is 2.15. The van der Waals surface area contributed by atoms with E-state index in [-0.39, 0.29) is 24.2 Å². The number of Topliss-reactive ketones (excluding diaryl/α,β-unsaturated/α-hetero) is 1. The van der Waals surface area contributed by atoms with Crippen LogP contribution in [0.15, 0.2) is 18.7 Å². The van der Waals surface area contributed by atoms with Crippen molar-refractivity contribution in [3.63, 3.8) is 0 Å². The van der Waals surface area contributed by atoms with Crippen molar-refractivity contribution in [2.75, 3.05) is 6.54 Å². The molecule has 1 atom stereocenters. The molecular formula is C18H25N3O3. The molecule has 0 radical (unpaired) electrons. The molecule has 1 saturated heterocycles.